The summed E-state index contributed by atoms with van der Waals surface area (Å²) >= 11 is 0. The van der Waals surface area contributed by atoms with Gasteiger partial charge in [0.1, 0.15) is 11.5 Å². The summed E-state index contributed by atoms with van der Waals surface area (Å²) in [4.78, 5) is 40.4. The number of benzene rings is 3. The molecule has 4 rings (SSSR count). The van der Waals surface area contributed by atoms with Gasteiger partial charge in [-0.25, -0.2) is 4.79 Å². The summed E-state index contributed by atoms with van der Waals surface area (Å²) in [6, 6.07) is 23.6. The van der Waals surface area contributed by atoms with E-state index in [1.807, 2.05) is 44.2 Å². The number of carbonyl (C=O) groups excluding carboxylic acids is 3. The van der Waals surface area contributed by atoms with Crippen molar-refractivity contribution in [2.75, 3.05) is 24.7 Å². The van der Waals surface area contributed by atoms with Gasteiger partial charge in [-0.3, -0.25) is 14.5 Å². The third kappa shape index (κ3) is 7.03. The van der Waals surface area contributed by atoms with Crippen LogP contribution in [-0.2, 0) is 19.1 Å². The van der Waals surface area contributed by atoms with E-state index in [0.717, 1.165) is 5.56 Å². The van der Waals surface area contributed by atoms with Crippen LogP contribution in [0.5, 0.6) is 11.5 Å². The first-order valence-electron chi connectivity index (χ1n) is 13.6. The van der Waals surface area contributed by atoms with Crippen molar-refractivity contribution in [1.82, 2.24) is 5.32 Å². The number of ether oxygens (including phenoxy) is 3. The Morgan fingerprint density at radius 3 is 2.15 bits per heavy atom. The zero-order valence-electron chi connectivity index (χ0n) is 23.7. The Hall–Kier alpha value is -4.85. The van der Waals surface area contributed by atoms with Crippen molar-refractivity contribution in [2.24, 2.45) is 0 Å². The Balaban J connectivity index is 1.48. The van der Waals surface area contributed by atoms with Crippen molar-refractivity contribution in [1.29, 1.82) is 0 Å². The number of nitrogens with one attached hydrogen (secondary N) is 1. The van der Waals surface area contributed by atoms with Crippen LogP contribution in [0.15, 0.2) is 95.7 Å². The standard InChI is InChI=1S/C33H34N2O6/c1-5-39-27-18-14-26(15-19-27)35-23(4)31(33(38)40-6-2)29(32(35)37)20-24-12-16-28(17-13-24)41-21-30(36)34-22(3)25-10-8-7-9-11-25/h7-20,22H,5-6,21H2,1-4H3,(H,34,36)/b29-20-/t22-/m1/s1. The van der Waals surface area contributed by atoms with Gasteiger partial charge < -0.3 is 19.5 Å². The van der Waals surface area contributed by atoms with Gasteiger partial charge in [0, 0.05) is 11.4 Å². The fraction of sp³-hybridized carbons (Fsp3) is 0.242. The smallest absolute Gasteiger partial charge is 0.340 e. The molecule has 0 bridgehead atoms. The zero-order chi connectivity index (χ0) is 29.4. The van der Waals surface area contributed by atoms with Gasteiger partial charge >= 0.3 is 5.97 Å². The molecule has 0 aliphatic carbocycles. The molecule has 0 saturated carbocycles. The summed E-state index contributed by atoms with van der Waals surface area (Å²) in [5.74, 6) is 0.0586. The topological polar surface area (TPSA) is 94.2 Å². The quantitative estimate of drug-likeness (QED) is 0.245. The number of anilines is 1. The normalized spacial score (nSPS) is 14.7. The van der Waals surface area contributed by atoms with Crippen molar-refractivity contribution in [3.8, 4) is 11.5 Å². The minimum absolute atomic E-state index is 0.137. The highest BCUT2D eigenvalue weighted by atomic mass is 16.5. The fourth-order valence-electron chi connectivity index (χ4n) is 4.53. The number of hydrogen-bond donors (Lipinski definition) is 1. The highest BCUT2D eigenvalue weighted by Gasteiger charge is 2.38. The van der Waals surface area contributed by atoms with E-state index in [2.05, 4.69) is 5.32 Å². The molecule has 1 aliphatic rings. The maximum Gasteiger partial charge on any atom is 0.340 e. The lowest BCUT2D eigenvalue weighted by Crippen LogP contribution is -2.31. The highest BCUT2D eigenvalue weighted by Crippen LogP contribution is 2.36. The van der Waals surface area contributed by atoms with Crippen LogP contribution < -0.4 is 19.7 Å². The van der Waals surface area contributed by atoms with Crippen LogP contribution >= 0.6 is 0 Å². The van der Waals surface area contributed by atoms with E-state index in [0.29, 0.717) is 35.1 Å². The molecule has 3 aromatic carbocycles. The van der Waals surface area contributed by atoms with Crippen molar-refractivity contribution in [3.63, 3.8) is 0 Å². The maximum absolute atomic E-state index is 13.6. The van der Waals surface area contributed by atoms with Gasteiger partial charge in [-0.05, 0) is 81.3 Å². The Bertz CT molecular complexity index is 1440. The van der Waals surface area contributed by atoms with E-state index in [9.17, 15) is 14.4 Å². The molecule has 0 aromatic heterocycles. The van der Waals surface area contributed by atoms with Crippen LogP contribution in [0.3, 0.4) is 0 Å². The molecule has 0 radical (unpaired) electrons. The molecule has 8 nitrogen and oxygen atoms in total. The second-order valence-corrected chi connectivity index (χ2v) is 9.36. The molecular weight excluding hydrogens is 520 g/mol. The second-order valence-electron chi connectivity index (χ2n) is 9.36. The molecule has 0 fully saturated rings. The van der Waals surface area contributed by atoms with Gasteiger partial charge in [0.05, 0.1) is 30.4 Å². The third-order valence-electron chi connectivity index (χ3n) is 6.52. The molecular formula is C33H34N2O6. The number of carbonyl (C=O) groups is 3. The summed E-state index contributed by atoms with van der Waals surface area (Å²) in [6.07, 6.45) is 1.66. The number of amides is 2. The Morgan fingerprint density at radius 2 is 1.51 bits per heavy atom. The first-order chi connectivity index (χ1) is 19.8. The van der Waals surface area contributed by atoms with Gasteiger partial charge in [0.15, 0.2) is 6.61 Å². The molecule has 0 spiro atoms. The van der Waals surface area contributed by atoms with Crippen LogP contribution in [0.25, 0.3) is 6.08 Å². The molecule has 0 unspecified atom stereocenters. The molecule has 1 N–H and O–H groups in total. The number of hydrogen-bond acceptors (Lipinski definition) is 6. The minimum Gasteiger partial charge on any atom is -0.494 e. The lowest BCUT2D eigenvalue weighted by Gasteiger charge is -2.18. The number of allylic oxidation sites excluding steroid dienone is 1. The predicted octanol–water partition coefficient (Wildman–Crippen LogP) is 5.61. The Labute approximate surface area is 240 Å². The number of nitrogens with zero attached hydrogens (tertiary/aromatic N) is 1. The van der Waals surface area contributed by atoms with Gasteiger partial charge in [-0.15, -0.1) is 0 Å². The van der Waals surface area contributed by atoms with Crippen molar-refractivity contribution < 1.29 is 28.6 Å². The Morgan fingerprint density at radius 1 is 0.878 bits per heavy atom. The highest BCUT2D eigenvalue weighted by molar-refractivity contribution is 6.23. The third-order valence-corrected chi connectivity index (χ3v) is 6.52. The molecule has 212 valence electrons. The van der Waals surface area contributed by atoms with Crippen LogP contribution in [0.2, 0.25) is 0 Å². The lowest BCUT2D eigenvalue weighted by molar-refractivity contribution is -0.138. The van der Waals surface area contributed by atoms with E-state index in [4.69, 9.17) is 14.2 Å². The van der Waals surface area contributed by atoms with E-state index in [1.165, 1.54) is 4.90 Å². The molecule has 2 amide bonds. The minimum atomic E-state index is -0.561. The van der Waals surface area contributed by atoms with Crippen LogP contribution in [0.4, 0.5) is 5.69 Å². The molecule has 0 saturated heterocycles. The average molecular weight is 555 g/mol. The fourth-order valence-corrected chi connectivity index (χ4v) is 4.53. The molecule has 8 heteroatoms. The maximum atomic E-state index is 13.6. The SMILES string of the molecule is CCOC(=O)C1=C(C)N(c2ccc(OCC)cc2)C(=O)/C1=C\c1ccc(OCC(=O)N[C@H](C)c2ccccc2)cc1. The van der Waals surface area contributed by atoms with Gasteiger partial charge in [-0.1, -0.05) is 42.5 Å². The van der Waals surface area contributed by atoms with E-state index in [1.54, 1.807) is 68.5 Å². The molecule has 1 heterocycles. The van der Waals surface area contributed by atoms with Crippen molar-refractivity contribution in [2.45, 2.75) is 33.7 Å². The van der Waals surface area contributed by atoms with Crippen LogP contribution in [0.1, 0.15) is 44.9 Å². The van der Waals surface area contributed by atoms with E-state index >= 15 is 0 Å². The molecule has 1 atom stereocenters. The summed E-state index contributed by atoms with van der Waals surface area (Å²) in [7, 11) is 0. The number of rotatable bonds is 11. The average Bonchev–Trinajstić information content (AvgIpc) is 3.22. The van der Waals surface area contributed by atoms with Gasteiger partial charge in [0.25, 0.3) is 11.8 Å². The number of esters is 1. The van der Waals surface area contributed by atoms with Crippen LogP contribution in [0, 0.1) is 0 Å². The summed E-state index contributed by atoms with van der Waals surface area (Å²) in [5.41, 5.74) is 3.25. The summed E-state index contributed by atoms with van der Waals surface area (Å²) in [5, 5.41) is 2.92. The van der Waals surface area contributed by atoms with E-state index in [-0.39, 0.29) is 42.2 Å². The zero-order valence-corrected chi connectivity index (χ0v) is 23.7. The first kappa shape index (κ1) is 29.1. The second kappa shape index (κ2) is 13.5. The van der Waals surface area contributed by atoms with Gasteiger partial charge in [-0.2, -0.15) is 0 Å². The first-order valence-corrected chi connectivity index (χ1v) is 13.6. The summed E-state index contributed by atoms with van der Waals surface area (Å²) in [6.45, 7) is 7.84. The van der Waals surface area contributed by atoms with Crippen LogP contribution in [-0.4, -0.2) is 37.6 Å². The Kier molecular flexibility index (Phi) is 9.58. The largest absolute Gasteiger partial charge is 0.494 e. The predicted molar refractivity (Wildman–Crippen MR) is 157 cm³/mol. The van der Waals surface area contributed by atoms with Crippen molar-refractivity contribution >= 4 is 29.5 Å². The molecule has 1 aliphatic heterocycles. The monoisotopic (exact) mass is 554 g/mol. The molecule has 41 heavy (non-hydrogen) atoms. The van der Waals surface area contributed by atoms with Gasteiger partial charge in [0.2, 0.25) is 0 Å². The lowest BCUT2D eigenvalue weighted by atomic mass is 10.0. The van der Waals surface area contributed by atoms with E-state index < -0.39 is 5.97 Å². The van der Waals surface area contributed by atoms with Crippen molar-refractivity contribution in [3.05, 3.63) is 107 Å². The molecule has 3 aromatic rings. The summed E-state index contributed by atoms with van der Waals surface area (Å²) < 4.78 is 16.5.